The molecule has 0 bridgehead atoms. The van der Waals surface area contributed by atoms with Crippen molar-refractivity contribution in [2.45, 2.75) is 12.8 Å². The zero-order valence-corrected chi connectivity index (χ0v) is 17.2. The van der Waals surface area contributed by atoms with Gasteiger partial charge in [0.05, 0.1) is 11.5 Å². The number of hydrogen-bond acceptors (Lipinski definition) is 3. The highest BCUT2D eigenvalue weighted by Gasteiger charge is 2.30. The number of nitrogens with one attached hydrogen (secondary N) is 1. The minimum Gasteiger partial charge on any atom is -0.338 e. The molecule has 4 rings (SSSR count). The van der Waals surface area contributed by atoms with Gasteiger partial charge < -0.3 is 10.2 Å². The van der Waals surface area contributed by atoms with E-state index >= 15 is 0 Å². The first-order valence-corrected chi connectivity index (χ1v) is 10.5. The molecule has 156 valence electrons. The topological polar surface area (TPSA) is 66.5 Å². The van der Waals surface area contributed by atoms with Crippen LogP contribution in [0.15, 0.2) is 84.9 Å². The molecule has 5 nitrogen and oxygen atoms in total. The van der Waals surface area contributed by atoms with Crippen molar-refractivity contribution in [1.29, 1.82) is 0 Å². The number of anilines is 1. The van der Waals surface area contributed by atoms with E-state index in [1.165, 1.54) is 0 Å². The van der Waals surface area contributed by atoms with Gasteiger partial charge in [0.25, 0.3) is 5.91 Å². The molecular weight excluding hydrogens is 388 g/mol. The number of carbonyl (C=O) groups is 3. The second-order valence-corrected chi connectivity index (χ2v) is 7.69. The number of ketones is 1. The molecule has 0 unspecified atom stereocenters. The number of para-hydroxylation sites is 1. The van der Waals surface area contributed by atoms with E-state index in [2.05, 4.69) is 5.32 Å². The summed E-state index contributed by atoms with van der Waals surface area (Å²) in [6.07, 6.45) is 1.47. The Labute approximate surface area is 181 Å². The van der Waals surface area contributed by atoms with Gasteiger partial charge in [-0.1, -0.05) is 66.7 Å². The van der Waals surface area contributed by atoms with Crippen molar-refractivity contribution in [3.05, 3.63) is 102 Å². The molecule has 0 radical (unpaired) electrons. The van der Waals surface area contributed by atoms with E-state index in [0.29, 0.717) is 29.8 Å². The summed E-state index contributed by atoms with van der Waals surface area (Å²) < 4.78 is 0. The maximum atomic E-state index is 13.3. The summed E-state index contributed by atoms with van der Waals surface area (Å²) in [4.78, 5) is 40.7. The Morgan fingerprint density at radius 2 is 1.39 bits per heavy atom. The van der Waals surface area contributed by atoms with E-state index in [1.54, 1.807) is 53.4 Å². The highest BCUT2D eigenvalue weighted by Crippen LogP contribution is 2.23. The van der Waals surface area contributed by atoms with Crippen LogP contribution in [0.4, 0.5) is 5.69 Å². The van der Waals surface area contributed by atoms with Gasteiger partial charge in [-0.3, -0.25) is 14.4 Å². The Hall–Kier alpha value is -3.73. The normalized spacial score (nSPS) is 15.9. The molecule has 3 aromatic rings. The lowest BCUT2D eigenvalue weighted by Crippen LogP contribution is -2.44. The molecule has 0 saturated carbocycles. The fourth-order valence-electron chi connectivity index (χ4n) is 3.92. The van der Waals surface area contributed by atoms with Gasteiger partial charge in [-0.05, 0) is 31.0 Å². The number of piperidine rings is 1. The number of rotatable bonds is 5. The van der Waals surface area contributed by atoms with Gasteiger partial charge in [0.15, 0.2) is 5.78 Å². The zero-order chi connectivity index (χ0) is 21.6. The number of carbonyl (C=O) groups excluding carboxylic acids is 3. The molecule has 1 aliphatic heterocycles. The standard InChI is InChI=1S/C26H24N2O3/c29-24(19-10-3-1-4-11-19)22-15-7-8-16-23(22)26(31)28-17-9-12-20(18-28)25(30)27-21-13-5-2-6-14-21/h1-8,10-11,13-16,20H,9,12,17-18H2,(H,27,30)/t20-/m0/s1. The van der Waals surface area contributed by atoms with Gasteiger partial charge in [-0.25, -0.2) is 0 Å². The molecule has 3 aromatic carbocycles. The Morgan fingerprint density at radius 3 is 2.10 bits per heavy atom. The number of nitrogens with zero attached hydrogens (tertiary/aromatic N) is 1. The Bertz CT molecular complexity index is 1080. The summed E-state index contributed by atoms with van der Waals surface area (Å²) in [6.45, 7) is 0.910. The van der Waals surface area contributed by atoms with Crippen LogP contribution in [-0.4, -0.2) is 35.6 Å². The highest BCUT2D eigenvalue weighted by atomic mass is 16.2. The first-order valence-electron chi connectivity index (χ1n) is 10.5. The fraction of sp³-hybridized carbons (Fsp3) is 0.192. The summed E-state index contributed by atoms with van der Waals surface area (Å²) in [6, 6.07) is 25.2. The first-order chi connectivity index (χ1) is 15.1. The predicted octanol–water partition coefficient (Wildman–Crippen LogP) is 4.41. The molecule has 1 aliphatic rings. The molecule has 1 atom stereocenters. The largest absolute Gasteiger partial charge is 0.338 e. The molecule has 0 aliphatic carbocycles. The quantitative estimate of drug-likeness (QED) is 0.632. The van der Waals surface area contributed by atoms with Crippen LogP contribution in [0.1, 0.15) is 39.1 Å². The number of amides is 2. The van der Waals surface area contributed by atoms with Crippen molar-refractivity contribution in [2.24, 2.45) is 5.92 Å². The third-order valence-electron chi connectivity index (χ3n) is 5.56. The van der Waals surface area contributed by atoms with Crippen LogP contribution in [-0.2, 0) is 4.79 Å². The zero-order valence-electron chi connectivity index (χ0n) is 17.2. The van der Waals surface area contributed by atoms with Crippen LogP contribution in [0.5, 0.6) is 0 Å². The van der Waals surface area contributed by atoms with Gasteiger partial charge in [0.1, 0.15) is 0 Å². The van der Waals surface area contributed by atoms with Gasteiger partial charge in [0.2, 0.25) is 5.91 Å². The molecule has 1 N–H and O–H groups in total. The maximum absolute atomic E-state index is 13.3. The number of likely N-dealkylation sites (tertiary alicyclic amines) is 1. The third-order valence-corrected chi connectivity index (χ3v) is 5.56. The molecule has 1 saturated heterocycles. The molecule has 2 amide bonds. The van der Waals surface area contributed by atoms with E-state index in [0.717, 1.165) is 18.5 Å². The van der Waals surface area contributed by atoms with E-state index in [-0.39, 0.29) is 23.5 Å². The van der Waals surface area contributed by atoms with Gasteiger partial charge in [-0.15, -0.1) is 0 Å². The molecular formula is C26H24N2O3. The second-order valence-electron chi connectivity index (χ2n) is 7.69. The molecule has 0 spiro atoms. The molecule has 1 fully saturated rings. The molecule has 0 aromatic heterocycles. The monoisotopic (exact) mass is 412 g/mol. The van der Waals surface area contributed by atoms with E-state index in [4.69, 9.17) is 0 Å². The minimum absolute atomic E-state index is 0.0858. The van der Waals surface area contributed by atoms with Crippen molar-refractivity contribution in [3.8, 4) is 0 Å². The number of benzene rings is 3. The Morgan fingerprint density at radius 1 is 0.774 bits per heavy atom. The van der Waals surface area contributed by atoms with Crippen LogP contribution >= 0.6 is 0 Å². The lowest BCUT2D eigenvalue weighted by Gasteiger charge is -2.32. The predicted molar refractivity (Wildman–Crippen MR) is 120 cm³/mol. The van der Waals surface area contributed by atoms with Crippen molar-refractivity contribution in [2.75, 3.05) is 18.4 Å². The minimum atomic E-state index is -0.283. The summed E-state index contributed by atoms with van der Waals surface area (Å²) >= 11 is 0. The average Bonchev–Trinajstić information content (AvgIpc) is 2.84. The van der Waals surface area contributed by atoms with Crippen molar-refractivity contribution < 1.29 is 14.4 Å². The molecule has 1 heterocycles. The van der Waals surface area contributed by atoms with Crippen LogP contribution in [0.25, 0.3) is 0 Å². The van der Waals surface area contributed by atoms with Crippen molar-refractivity contribution in [3.63, 3.8) is 0 Å². The van der Waals surface area contributed by atoms with Crippen LogP contribution < -0.4 is 5.32 Å². The third kappa shape index (κ3) is 4.72. The highest BCUT2D eigenvalue weighted by molar-refractivity contribution is 6.15. The summed E-state index contributed by atoms with van der Waals surface area (Å²) in [5.74, 6) is -0.760. The van der Waals surface area contributed by atoms with Crippen LogP contribution in [0.3, 0.4) is 0 Å². The molecule has 31 heavy (non-hydrogen) atoms. The Kier molecular flexibility index (Phi) is 6.22. The van der Waals surface area contributed by atoms with Gasteiger partial charge >= 0.3 is 0 Å². The Balaban J connectivity index is 1.51. The fourth-order valence-corrected chi connectivity index (χ4v) is 3.92. The van der Waals surface area contributed by atoms with Crippen molar-refractivity contribution >= 4 is 23.3 Å². The van der Waals surface area contributed by atoms with Crippen molar-refractivity contribution in [1.82, 2.24) is 4.90 Å². The SMILES string of the molecule is O=C(c1ccccc1)c1ccccc1C(=O)N1CCC[C@H](C(=O)Nc2ccccc2)C1. The van der Waals surface area contributed by atoms with Gasteiger partial charge in [-0.2, -0.15) is 0 Å². The lowest BCUT2D eigenvalue weighted by atomic mass is 9.94. The summed E-state index contributed by atoms with van der Waals surface area (Å²) in [5, 5.41) is 2.93. The smallest absolute Gasteiger partial charge is 0.254 e. The van der Waals surface area contributed by atoms with Gasteiger partial charge in [0, 0.05) is 29.9 Å². The summed E-state index contributed by atoms with van der Waals surface area (Å²) in [5.41, 5.74) is 2.05. The lowest BCUT2D eigenvalue weighted by molar-refractivity contribution is -0.121. The van der Waals surface area contributed by atoms with E-state index < -0.39 is 0 Å². The van der Waals surface area contributed by atoms with Crippen LogP contribution in [0.2, 0.25) is 0 Å². The van der Waals surface area contributed by atoms with Crippen LogP contribution in [0, 0.1) is 5.92 Å². The van der Waals surface area contributed by atoms with E-state index in [1.807, 2.05) is 36.4 Å². The van der Waals surface area contributed by atoms with E-state index in [9.17, 15) is 14.4 Å². The second kappa shape index (κ2) is 9.39. The number of hydrogen-bond donors (Lipinski definition) is 1. The average molecular weight is 412 g/mol. The maximum Gasteiger partial charge on any atom is 0.254 e. The first kappa shape index (κ1) is 20.5. The summed E-state index contributed by atoms with van der Waals surface area (Å²) in [7, 11) is 0. The molecule has 5 heteroatoms.